The molecule has 1 aromatic heterocycles. The van der Waals surface area contributed by atoms with Crippen LogP contribution in [-0.4, -0.2) is 18.5 Å². The van der Waals surface area contributed by atoms with Crippen LogP contribution in [0.3, 0.4) is 0 Å². The lowest BCUT2D eigenvalue weighted by atomic mass is 10.1. The molecule has 0 bridgehead atoms. The van der Waals surface area contributed by atoms with Gasteiger partial charge in [-0.25, -0.2) is 0 Å². The van der Waals surface area contributed by atoms with E-state index >= 15 is 0 Å². The number of hydrogen-bond donors (Lipinski definition) is 2. The van der Waals surface area contributed by atoms with Crippen molar-refractivity contribution in [3.63, 3.8) is 0 Å². The van der Waals surface area contributed by atoms with Crippen LogP contribution in [-0.2, 0) is 11.3 Å². The minimum absolute atomic E-state index is 0. The Kier molecular flexibility index (Phi) is 5.05. The molecule has 1 saturated heterocycles. The predicted octanol–water partition coefficient (Wildman–Crippen LogP) is 1.91. The lowest BCUT2D eigenvalue weighted by Gasteiger charge is -2.26. The van der Waals surface area contributed by atoms with Crippen molar-refractivity contribution in [2.75, 3.05) is 6.54 Å². The molecule has 2 heterocycles. The third-order valence-electron chi connectivity index (χ3n) is 2.25. The summed E-state index contributed by atoms with van der Waals surface area (Å²) < 4.78 is 1.07. The summed E-state index contributed by atoms with van der Waals surface area (Å²) in [5.41, 5.74) is 0. The van der Waals surface area contributed by atoms with Crippen LogP contribution in [0.2, 0.25) is 0 Å². The predicted molar refractivity (Wildman–Crippen MR) is 67.5 cm³/mol. The van der Waals surface area contributed by atoms with Gasteiger partial charge in [-0.1, -0.05) is 0 Å². The van der Waals surface area contributed by atoms with Crippen molar-refractivity contribution >= 4 is 45.6 Å². The van der Waals surface area contributed by atoms with Crippen molar-refractivity contribution in [2.45, 2.75) is 19.0 Å². The Morgan fingerprint density at radius 3 is 2.93 bits per heavy atom. The highest BCUT2D eigenvalue weighted by Gasteiger charge is 2.23. The number of carbonyl (C=O) groups is 1. The summed E-state index contributed by atoms with van der Waals surface area (Å²) in [5.74, 6) is 0.108. The van der Waals surface area contributed by atoms with Crippen molar-refractivity contribution in [1.29, 1.82) is 0 Å². The van der Waals surface area contributed by atoms with Crippen LogP contribution in [0.25, 0.3) is 0 Å². The monoisotopic (exact) mass is 310 g/mol. The first-order valence-corrected chi connectivity index (χ1v) is 6.17. The Morgan fingerprint density at radius 1 is 1.73 bits per heavy atom. The average Bonchev–Trinajstić information content (AvgIpc) is 2.44. The molecule has 0 saturated carbocycles. The topological polar surface area (TPSA) is 41.1 Å². The summed E-state index contributed by atoms with van der Waals surface area (Å²) in [7, 11) is 0. The first-order valence-electron chi connectivity index (χ1n) is 4.50. The molecule has 0 aromatic carbocycles. The fourth-order valence-electron chi connectivity index (χ4n) is 1.25. The second kappa shape index (κ2) is 5.84. The molecule has 3 nitrogen and oxygen atoms in total. The zero-order chi connectivity index (χ0) is 9.97. The van der Waals surface area contributed by atoms with Gasteiger partial charge in [0.05, 0.1) is 12.6 Å². The Labute approximate surface area is 107 Å². The molecule has 0 unspecified atom stereocenters. The molecule has 1 atom stereocenters. The van der Waals surface area contributed by atoms with Crippen molar-refractivity contribution in [2.24, 2.45) is 0 Å². The third kappa shape index (κ3) is 3.17. The molecule has 1 fully saturated rings. The summed E-state index contributed by atoms with van der Waals surface area (Å²) in [6.07, 6.45) is 0.956. The molecule has 84 valence electrons. The van der Waals surface area contributed by atoms with Gasteiger partial charge in [0.1, 0.15) is 0 Å². The van der Waals surface area contributed by atoms with E-state index in [1.165, 1.54) is 0 Å². The smallest absolute Gasteiger partial charge is 0.237 e. The van der Waals surface area contributed by atoms with Crippen molar-refractivity contribution in [3.8, 4) is 0 Å². The summed E-state index contributed by atoms with van der Waals surface area (Å²) >= 11 is 5.07. The molecule has 15 heavy (non-hydrogen) atoms. The largest absolute Gasteiger partial charge is 0.350 e. The van der Waals surface area contributed by atoms with Crippen LogP contribution in [0.5, 0.6) is 0 Å². The number of halogens is 2. The van der Waals surface area contributed by atoms with Gasteiger partial charge in [-0.15, -0.1) is 23.7 Å². The molecule has 1 aromatic rings. The second-order valence-electron chi connectivity index (χ2n) is 3.20. The molecule has 2 N–H and O–H groups in total. The van der Waals surface area contributed by atoms with Gasteiger partial charge in [0.25, 0.3) is 0 Å². The number of thiophene rings is 1. The quantitative estimate of drug-likeness (QED) is 0.895. The van der Waals surface area contributed by atoms with E-state index in [1.807, 2.05) is 11.4 Å². The van der Waals surface area contributed by atoms with Gasteiger partial charge in [0.2, 0.25) is 5.91 Å². The molecule has 0 aliphatic carbocycles. The number of rotatable bonds is 3. The van der Waals surface area contributed by atoms with Crippen LogP contribution in [0.15, 0.2) is 15.9 Å². The van der Waals surface area contributed by atoms with Crippen LogP contribution >= 0.6 is 39.7 Å². The second-order valence-corrected chi connectivity index (χ2v) is 5.06. The molecular formula is C9H12BrClN2OS. The van der Waals surface area contributed by atoms with Gasteiger partial charge >= 0.3 is 0 Å². The molecule has 6 heteroatoms. The average molecular weight is 312 g/mol. The summed E-state index contributed by atoms with van der Waals surface area (Å²) in [5, 5.41) is 7.98. The third-order valence-corrected chi connectivity index (χ3v) is 4.18. The highest BCUT2D eigenvalue weighted by Crippen LogP contribution is 2.22. The van der Waals surface area contributed by atoms with E-state index in [9.17, 15) is 4.79 Å². The van der Waals surface area contributed by atoms with E-state index in [4.69, 9.17) is 0 Å². The fraction of sp³-hybridized carbons (Fsp3) is 0.444. The highest BCUT2D eigenvalue weighted by atomic mass is 79.9. The number of nitrogens with one attached hydrogen (secondary N) is 2. The summed E-state index contributed by atoms with van der Waals surface area (Å²) in [4.78, 5) is 12.6. The van der Waals surface area contributed by atoms with Crippen LogP contribution in [0, 0.1) is 0 Å². The van der Waals surface area contributed by atoms with Crippen molar-refractivity contribution < 1.29 is 4.79 Å². The van der Waals surface area contributed by atoms with Crippen LogP contribution in [0.1, 0.15) is 11.3 Å². The maximum atomic E-state index is 11.4. The zero-order valence-corrected chi connectivity index (χ0v) is 11.2. The molecule has 1 aliphatic rings. The minimum Gasteiger partial charge on any atom is -0.350 e. The molecular weight excluding hydrogens is 300 g/mol. The number of carbonyl (C=O) groups excluding carboxylic acids is 1. The van der Waals surface area contributed by atoms with Gasteiger partial charge < -0.3 is 10.6 Å². The zero-order valence-electron chi connectivity index (χ0n) is 7.96. The Bertz CT molecular complexity index is 341. The Balaban J connectivity index is 0.00000112. The maximum absolute atomic E-state index is 11.4. The Morgan fingerprint density at radius 2 is 2.47 bits per heavy atom. The van der Waals surface area contributed by atoms with Gasteiger partial charge in [0, 0.05) is 9.35 Å². The van der Waals surface area contributed by atoms with Gasteiger partial charge in [0.15, 0.2) is 0 Å². The SMILES string of the molecule is Cl.O=C(NCc1sccc1Br)[C@H]1CCN1. The van der Waals surface area contributed by atoms with E-state index in [1.54, 1.807) is 11.3 Å². The molecule has 0 radical (unpaired) electrons. The van der Waals surface area contributed by atoms with E-state index in [2.05, 4.69) is 26.6 Å². The first-order chi connectivity index (χ1) is 6.77. The standard InChI is InChI=1S/C9H11BrN2OS.ClH/c10-6-2-4-14-8(6)5-12-9(13)7-1-3-11-7;/h2,4,7,11H,1,3,5H2,(H,12,13);1H/t7-;/m1./s1. The molecule has 1 aliphatic heterocycles. The fourth-order valence-corrected chi connectivity index (χ4v) is 2.69. The maximum Gasteiger partial charge on any atom is 0.237 e. The van der Waals surface area contributed by atoms with Crippen molar-refractivity contribution in [1.82, 2.24) is 10.6 Å². The number of amides is 1. The van der Waals surface area contributed by atoms with Crippen LogP contribution < -0.4 is 10.6 Å². The molecule has 2 rings (SSSR count). The first kappa shape index (κ1) is 13.0. The van der Waals surface area contributed by atoms with Gasteiger partial charge in [-0.2, -0.15) is 0 Å². The normalized spacial score (nSPS) is 18.9. The number of hydrogen-bond acceptors (Lipinski definition) is 3. The van der Waals surface area contributed by atoms with E-state index in [-0.39, 0.29) is 24.4 Å². The van der Waals surface area contributed by atoms with Gasteiger partial charge in [-0.05, 0) is 40.3 Å². The lowest BCUT2D eigenvalue weighted by Crippen LogP contribution is -2.52. The van der Waals surface area contributed by atoms with Crippen molar-refractivity contribution in [3.05, 3.63) is 20.8 Å². The molecule has 1 amide bonds. The highest BCUT2D eigenvalue weighted by molar-refractivity contribution is 9.10. The summed E-state index contributed by atoms with van der Waals surface area (Å²) in [6, 6.07) is 2.03. The summed E-state index contributed by atoms with van der Waals surface area (Å²) in [6.45, 7) is 1.58. The van der Waals surface area contributed by atoms with E-state index in [0.29, 0.717) is 6.54 Å². The Hall–Kier alpha value is -0.100. The van der Waals surface area contributed by atoms with Gasteiger partial charge in [-0.3, -0.25) is 4.79 Å². The van der Waals surface area contributed by atoms with Crippen LogP contribution in [0.4, 0.5) is 0 Å². The molecule has 0 spiro atoms. The minimum atomic E-state index is 0. The van der Waals surface area contributed by atoms with E-state index in [0.717, 1.165) is 22.3 Å². The van der Waals surface area contributed by atoms with E-state index < -0.39 is 0 Å². The lowest BCUT2D eigenvalue weighted by molar-refractivity contribution is -0.124.